The van der Waals surface area contributed by atoms with E-state index in [4.69, 9.17) is 0 Å². The van der Waals surface area contributed by atoms with E-state index >= 15 is 0 Å². The van der Waals surface area contributed by atoms with Gasteiger partial charge in [0.15, 0.2) is 0 Å². The van der Waals surface area contributed by atoms with Crippen molar-refractivity contribution < 1.29 is 14.4 Å². The summed E-state index contributed by atoms with van der Waals surface area (Å²) in [5.41, 5.74) is 3.77. The first-order valence-electron chi connectivity index (χ1n) is 9.85. The molecule has 8 heteroatoms. The fraction of sp³-hybridized carbons (Fsp3) is 0.174. The van der Waals surface area contributed by atoms with Gasteiger partial charge >= 0.3 is 0 Å². The van der Waals surface area contributed by atoms with Gasteiger partial charge in [0.25, 0.3) is 11.8 Å². The quantitative estimate of drug-likeness (QED) is 0.598. The van der Waals surface area contributed by atoms with E-state index in [0.29, 0.717) is 22.8 Å². The van der Waals surface area contributed by atoms with E-state index in [1.165, 1.54) is 0 Å². The van der Waals surface area contributed by atoms with E-state index in [0.717, 1.165) is 22.0 Å². The maximum atomic E-state index is 12.4. The third-order valence-corrected chi connectivity index (χ3v) is 4.83. The number of carbonyl (C=O) groups is 3. The molecule has 2 aromatic carbocycles. The van der Waals surface area contributed by atoms with Crippen molar-refractivity contribution in [3.8, 4) is 0 Å². The van der Waals surface area contributed by atoms with Gasteiger partial charge in [-0.15, -0.1) is 0 Å². The summed E-state index contributed by atoms with van der Waals surface area (Å²) < 4.78 is 0. The summed E-state index contributed by atoms with van der Waals surface area (Å²) in [5, 5.41) is 5.92. The molecule has 8 nitrogen and oxygen atoms in total. The second-order valence-corrected chi connectivity index (χ2v) is 7.29. The van der Waals surface area contributed by atoms with Gasteiger partial charge in [0.05, 0.1) is 11.1 Å². The van der Waals surface area contributed by atoms with Gasteiger partial charge in [-0.3, -0.25) is 19.3 Å². The number of carbonyl (C=O) groups excluding carboxylic acids is 3. The van der Waals surface area contributed by atoms with Crippen LogP contribution in [0, 0.1) is 13.8 Å². The normalized spacial score (nSPS) is 12.6. The number of benzene rings is 2. The van der Waals surface area contributed by atoms with Crippen LogP contribution >= 0.6 is 0 Å². The van der Waals surface area contributed by atoms with Gasteiger partial charge in [0.2, 0.25) is 11.9 Å². The number of imide groups is 1. The summed E-state index contributed by atoms with van der Waals surface area (Å²) in [5.74, 6) is -0.552. The Bertz CT molecular complexity index is 1140. The molecular weight excluding hydrogens is 394 g/mol. The van der Waals surface area contributed by atoms with Crippen LogP contribution in [-0.4, -0.2) is 39.1 Å². The van der Waals surface area contributed by atoms with Gasteiger partial charge in [-0.1, -0.05) is 18.2 Å². The first-order chi connectivity index (χ1) is 14.9. The summed E-state index contributed by atoms with van der Waals surface area (Å²) in [7, 11) is 0. The number of fused-ring (bicyclic) bond motifs is 1. The van der Waals surface area contributed by atoms with Crippen molar-refractivity contribution in [1.29, 1.82) is 0 Å². The predicted molar refractivity (Wildman–Crippen MR) is 116 cm³/mol. The first-order valence-corrected chi connectivity index (χ1v) is 9.85. The second-order valence-electron chi connectivity index (χ2n) is 7.29. The van der Waals surface area contributed by atoms with Gasteiger partial charge in [-0.05, 0) is 50.2 Å². The minimum absolute atomic E-state index is 0.00328. The molecule has 0 saturated heterocycles. The van der Waals surface area contributed by atoms with Gasteiger partial charge in [0.1, 0.15) is 0 Å². The highest BCUT2D eigenvalue weighted by Gasteiger charge is 2.34. The van der Waals surface area contributed by atoms with Crippen molar-refractivity contribution in [3.05, 3.63) is 77.1 Å². The molecule has 1 aliphatic heterocycles. The highest BCUT2D eigenvalue weighted by molar-refractivity contribution is 6.21. The molecule has 3 aromatic rings. The molecule has 0 atom stereocenters. The van der Waals surface area contributed by atoms with Crippen LogP contribution in [0.3, 0.4) is 0 Å². The summed E-state index contributed by atoms with van der Waals surface area (Å²) in [6, 6.07) is 15.7. The molecule has 2 N–H and O–H groups in total. The van der Waals surface area contributed by atoms with Crippen LogP contribution in [0.4, 0.5) is 17.3 Å². The molecule has 1 aliphatic rings. The van der Waals surface area contributed by atoms with Gasteiger partial charge in [0, 0.05) is 35.7 Å². The fourth-order valence-electron chi connectivity index (χ4n) is 3.46. The van der Waals surface area contributed by atoms with Crippen molar-refractivity contribution in [2.45, 2.75) is 20.3 Å². The lowest BCUT2D eigenvalue weighted by molar-refractivity contribution is -0.116. The number of nitrogens with one attached hydrogen (secondary N) is 2. The van der Waals surface area contributed by atoms with Crippen molar-refractivity contribution >= 4 is 35.0 Å². The Morgan fingerprint density at radius 2 is 1.48 bits per heavy atom. The monoisotopic (exact) mass is 415 g/mol. The minimum atomic E-state index is -0.368. The summed E-state index contributed by atoms with van der Waals surface area (Å²) >= 11 is 0. The lowest BCUT2D eigenvalue weighted by Crippen LogP contribution is -2.32. The van der Waals surface area contributed by atoms with Crippen LogP contribution in [0.15, 0.2) is 54.6 Å². The number of aryl methyl sites for hydroxylation is 2. The lowest BCUT2D eigenvalue weighted by Gasteiger charge is -2.14. The molecule has 0 spiro atoms. The number of rotatable bonds is 6. The summed E-state index contributed by atoms with van der Waals surface area (Å²) in [6.45, 7) is 3.81. The lowest BCUT2D eigenvalue weighted by atomic mass is 10.1. The van der Waals surface area contributed by atoms with Crippen molar-refractivity contribution in [1.82, 2.24) is 14.9 Å². The second kappa shape index (κ2) is 8.35. The van der Waals surface area contributed by atoms with E-state index in [1.54, 1.807) is 42.5 Å². The number of amides is 3. The SMILES string of the molecule is Cc1cc(C)nc(Nc2cccc(NC(=O)CCN3C(=O)c4ccccc4C3=O)c2)n1. The largest absolute Gasteiger partial charge is 0.326 e. The van der Waals surface area contributed by atoms with Crippen LogP contribution in [0.5, 0.6) is 0 Å². The van der Waals surface area contributed by atoms with Crippen LogP contribution < -0.4 is 10.6 Å². The van der Waals surface area contributed by atoms with Gasteiger partial charge < -0.3 is 10.6 Å². The maximum Gasteiger partial charge on any atom is 0.261 e. The minimum Gasteiger partial charge on any atom is -0.326 e. The van der Waals surface area contributed by atoms with Crippen molar-refractivity contribution in [2.75, 3.05) is 17.2 Å². The Morgan fingerprint density at radius 1 is 0.871 bits per heavy atom. The molecule has 31 heavy (non-hydrogen) atoms. The zero-order valence-electron chi connectivity index (χ0n) is 17.2. The average Bonchev–Trinajstić information content (AvgIpc) is 2.96. The topological polar surface area (TPSA) is 104 Å². The summed E-state index contributed by atoms with van der Waals surface area (Å²) in [4.78, 5) is 47.0. The van der Waals surface area contributed by atoms with E-state index in [9.17, 15) is 14.4 Å². The number of aromatic nitrogens is 2. The van der Waals surface area contributed by atoms with Crippen molar-refractivity contribution in [3.63, 3.8) is 0 Å². The molecule has 0 radical (unpaired) electrons. The zero-order valence-corrected chi connectivity index (χ0v) is 17.2. The first kappa shape index (κ1) is 20.2. The smallest absolute Gasteiger partial charge is 0.261 e. The van der Waals surface area contributed by atoms with E-state index in [2.05, 4.69) is 20.6 Å². The van der Waals surface area contributed by atoms with Crippen LogP contribution in [0.1, 0.15) is 38.5 Å². The Morgan fingerprint density at radius 3 is 2.13 bits per heavy atom. The summed E-state index contributed by atoms with van der Waals surface area (Å²) in [6.07, 6.45) is 0.00328. The zero-order chi connectivity index (χ0) is 22.0. The number of anilines is 3. The van der Waals surface area contributed by atoms with E-state index in [1.807, 2.05) is 26.0 Å². The van der Waals surface area contributed by atoms with Crippen molar-refractivity contribution in [2.24, 2.45) is 0 Å². The third-order valence-electron chi connectivity index (χ3n) is 4.83. The maximum absolute atomic E-state index is 12.4. The Hall–Kier alpha value is -4.07. The molecule has 3 amide bonds. The molecule has 0 unspecified atom stereocenters. The molecule has 0 bridgehead atoms. The number of hydrogen-bond donors (Lipinski definition) is 2. The predicted octanol–water partition coefficient (Wildman–Crippen LogP) is 3.46. The highest BCUT2D eigenvalue weighted by Crippen LogP contribution is 2.23. The Kier molecular flexibility index (Phi) is 5.44. The average molecular weight is 415 g/mol. The molecule has 2 heterocycles. The standard InChI is InChI=1S/C23H21N5O3/c1-14-12-15(2)25-23(24-14)27-17-7-5-6-16(13-17)26-20(29)10-11-28-21(30)18-8-3-4-9-19(18)22(28)31/h3-9,12-13H,10-11H2,1-2H3,(H,26,29)(H,24,25,27). The number of nitrogens with zero attached hydrogens (tertiary/aromatic N) is 3. The molecular formula is C23H21N5O3. The van der Waals surface area contributed by atoms with Crippen LogP contribution in [0.25, 0.3) is 0 Å². The fourth-order valence-corrected chi connectivity index (χ4v) is 3.46. The molecule has 0 saturated carbocycles. The Balaban J connectivity index is 1.37. The van der Waals surface area contributed by atoms with Crippen LogP contribution in [-0.2, 0) is 4.79 Å². The molecule has 4 rings (SSSR count). The molecule has 156 valence electrons. The number of hydrogen-bond acceptors (Lipinski definition) is 6. The highest BCUT2D eigenvalue weighted by atomic mass is 16.2. The molecule has 0 fully saturated rings. The molecule has 1 aromatic heterocycles. The van der Waals surface area contributed by atoms with Crippen LogP contribution in [0.2, 0.25) is 0 Å². The van der Waals surface area contributed by atoms with Gasteiger partial charge in [-0.25, -0.2) is 9.97 Å². The van der Waals surface area contributed by atoms with E-state index < -0.39 is 0 Å². The Labute approximate surface area is 179 Å². The van der Waals surface area contributed by atoms with E-state index in [-0.39, 0.29) is 30.7 Å². The molecule has 0 aliphatic carbocycles. The van der Waals surface area contributed by atoms with Gasteiger partial charge in [-0.2, -0.15) is 0 Å². The third kappa shape index (κ3) is 4.42.